The van der Waals surface area contributed by atoms with Crippen molar-refractivity contribution in [2.45, 2.75) is 49.5 Å². The van der Waals surface area contributed by atoms with Gasteiger partial charge in [0.2, 0.25) is 0 Å². The van der Waals surface area contributed by atoms with E-state index < -0.39 is 15.4 Å². The molecule has 1 unspecified atom stereocenters. The molecule has 0 radical (unpaired) electrons. The van der Waals surface area contributed by atoms with Crippen LogP contribution in [0.4, 0.5) is 0 Å². The number of ether oxygens (including phenoxy) is 1. The number of aromatic nitrogens is 2. The molecular weight excluding hydrogens is 384 g/mol. The zero-order valence-electron chi connectivity index (χ0n) is 17.2. The third-order valence-electron chi connectivity index (χ3n) is 6.38. The Hall–Kier alpha value is -2.18. The third kappa shape index (κ3) is 3.60. The minimum Gasteiger partial charge on any atom is -0.367 e. The molecule has 1 N–H and O–H groups in total. The summed E-state index contributed by atoms with van der Waals surface area (Å²) in [6.45, 7) is 2.10. The molecule has 1 aliphatic carbocycles. The molecule has 1 aliphatic rings. The predicted molar refractivity (Wildman–Crippen MR) is 115 cm³/mol. The van der Waals surface area contributed by atoms with Crippen molar-refractivity contribution in [2.24, 2.45) is 5.92 Å². The van der Waals surface area contributed by atoms with Gasteiger partial charge in [-0.1, -0.05) is 37.8 Å². The van der Waals surface area contributed by atoms with E-state index in [2.05, 4.69) is 23.0 Å². The lowest BCUT2D eigenvalue weighted by molar-refractivity contribution is -0.00216. The molecule has 0 bridgehead atoms. The summed E-state index contributed by atoms with van der Waals surface area (Å²) in [6.07, 6.45) is 8.78. The van der Waals surface area contributed by atoms with Crippen LogP contribution in [0, 0.1) is 12.8 Å². The van der Waals surface area contributed by atoms with Gasteiger partial charge in [-0.15, -0.1) is 0 Å². The van der Waals surface area contributed by atoms with E-state index >= 15 is 0 Å². The van der Waals surface area contributed by atoms with Crippen LogP contribution in [0.25, 0.3) is 11.0 Å². The highest BCUT2D eigenvalue weighted by Gasteiger charge is 2.40. The van der Waals surface area contributed by atoms with Crippen LogP contribution in [0.5, 0.6) is 0 Å². The number of hydrogen-bond donors (Lipinski definition) is 1. The first-order valence-electron chi connectivity index (χ1n) is 10.1. The van der Waals surface area contributed by atoms with Gasteiger partial charge in [-0.3, -0.25) is 0 Å². The van der Waals surface area contributed by atoms with Crippen molar-refractivity contribution in [2.75, 3.05) is 13.4 Å². The number of pyridine rings is 1. The minimum absolute atomic E-state index is 0.321. The molecule has 3 aromatic rings. The highest BCUT2D eigenvalue weighted by molar-refractivity contribution is 7.90. The molecule has 0 saturated heterocycles. The molecule has 154 valence electrons. The molecule has 6 heteroatoms. The lowest BCUT2D eigenvalue weighted by Crippen LogP contribution is -2.33. The molecule has 1 atom stereocenters. The first-order valence-corrected chi connectivity index (χ1v) is 12.0. The number of H-pyrrole nitrogens is 1. The van der Waals surface area contributed by atoms with E-state index in [4.69, 9.17) is 4.74 Å². The van der Waals surface area contributed by atoms with Crippen molar-refractivity contribution in [1.29, 1.82) is 0 Å². The van der Waals surface area contributed by atoms with E-state index in [1.807, 2.05) is 18.2 Å². The maximum atomic E-state index is 11.9. The van der Waals surface area contributed by atoms with Crippen LogP contribution >= 0.6 is 0 Å². The smallest absolute Gasteiger partial charge is 0.175 e. The molecule has 2 heterocycles. The van der Waals surface area contributed by atoms with Gasteiger partial charge in [-0.2, -0.15) is 0 Å². The van der Waals surface area contributed by atoms with Crippen LogP contribution in [0.3, 0.4) is 0 Å². The van der Waals surface area contributed by atoms with Crippen molar-refractivity contribution >= 4 is 20.9 Å². The Morgan fingerprint density at radius 2 is 1.86 bits per heavy atom. The normalized spacial score (nSPS) is 17.6. The van der Waals surface area contributed by atoms with Crippen molar-refractivity contribution < 1.29 is 13.2 Å². The van der Waals surface area contributed by atoms with Gasteiger partial charge in [0.15, 0.2) is 9.84 Å². The van der Waals surface area contributed by atoms with E-state index in [9.17, 15) is 8.42 Å². The molecule has 1 fully saturated rings. The fourth-order valence-corrected chi connectivity index (χ4v) is 5.45. The number of hydrogen-bond acceptors (Lipinski definition) is 4. The number of aromatic amines is 1. The third-order valence-corrected chi connectivity index (χ3v) is 7.51. The fourth-order valence-electron chi connectivity index (χ4n) is 4.82. The number of rotatable bonds is 6. The maximum absolute atomic E-state index is 11.9. The molecule has 2 aromatic heterocycles. The molecule has 4 rings (SSSR count). The van der Waals surface area contributed by atoms with Gasteiger partial charge in [-0.25, -0.2) is 13.4 Å². The molecule has 0 spiro atoms. The number of benzene rings is 1. The number of sulfone groups is 1. The minimum atomic E-state index is -3.25. The van der Waals surface area contributed by atoms with Crippen LogP contribution < -0.4 is 0 Å². The number of methoxy groups -OCH3 is 1. The van der Waals surface area contributed by atoms with Gasteiger partial charge < -0.3 is 9.72 Å². The molecular formula is C23H28N2O3S. The number of aryl methyl sites for hydroxylation is 1. The molecule has 0 aliphatic heterocycles. The molecule has 5 nitrogen and oxygen atoms in total. The fraction of sp³-hybridized carbons (Fsp3) is 0.435. The summed E-state index contributed by atoms with van der Waals surface area (Å²) in [5, 5.41) is 1.09. The summed E-state index contributed by atoms with van der Waals surface area (Å²) in [5.41, 5.74) is 3.28. The first kappa shape index (κ1) is 20.1. The van der Waals surface area contributed by atoms with E-state index in [-0.39, 0.29) is 0 Å². The molecule has 1 aromatic carbocycles. The van der Waals surface area contributed by atoms with Gasteiger partial charge in [0.25, 0.3) is 0 Å². The second kappa shape index (κ2) is 7.58. The summed E-state index contributed by atoms with van der Waals surface area (Å²) in [6, 6.07) is 11.2. The lowest BCUT2D eigenvalue weighted by atomic mass is 9.80. The van der Waals surface area contributed by atoms with E-state index in [0.29, 0.717) is 10.8 Å². The highest BCUT2D eigenvalue weighted by Crippen LogP contribution is 2.45. The molecule has 0 amide bonds. The summed E-state index contributed by atoms with van der Waals surface area (Å²) < 4.78 is 30.2. The Kier molecular flexibility index (Phi) is 5.25. The summed E-state index contributed by atoms with van der Waals surface area (Å²) in [5.74, 6) is 0.573. The Balaban J connectivity index is 1.89. The van der Waals surface area contributed by atoms with Crippen molar-refractivity contribution in [1.82, 2.24) is 9.97 Å². The number of nitrogens with one attached hydrogen (secondary N) is 1. The van der Waals surface area contributed by atoms with Crippen LogP contribution in [0.2, 0.25) is 0 Å². The Morgan fingerprint density at radius 1 is 1.17 bits per heavy atom. The van der Waals surface area contributed by atoms with Crippen LogP contribution in [0.1, 0.15) is 48.9 Å². The first-order chi connectivity index (χ1) is 13.8. The highest BCUT2D eigenvalue weighted by atomic mass is 32.2. The average molecular weight is 413 g/mol. The SMILES string of the molecule is COC(CC1CCCC1)(c1ccc(S(C)(=O)=O)cc1)c1[nH]c2ncccc2c1C. The van der Waals surface area contributed by atoms with E-state index in [1.165, 1.54) is 31.9 Å². The zero-order valence-corrected chi connectivity index (χ0v) is 18.1. The maximum Gasteiger partial charge on any atom is 0.175 e. The topological polar surface area (TPSA) is 72.1 Å². The Bertz CT molecular complexity index is 1110. The van der Waals surface area contributed by atoms with Crippen molar-refractivity contribution in [3.8, 4) is 0 Å². The summed E-state index contributed by atoms with van der Waals surface area (Å²) in [7, 11) is -1.50. The Morgan fingerprint density at radius 3 is 2.45 bits per heavy atom. The standard InChI is InChI=1S/C23H28N2O3S/c1-16-20-9-6-14-24-22(20)25-21(16)23(28-2,15-17-7-4-5-8-17)18-10-12-19(13-11-18)29(3,26)27/h6,9-14,17H,4-5,7-8,15H2,1-3H3,(H,24,25). The number of nitrogens with zero attached hydrogens (tertiary/aromatic N) is 1. The Labute approximate surface area is 172 Å². The van der Waals surface area contributed by atoms with Gasteiger partial charge in [0.05, 0.1) is 10.6 Å². The van der Waals surface area contributed by atoms with Crippen molar-refractivity contribution in [3.05, 3.63) is 59.4 Å². The summed E-state index contributed by atoms with van der Waals surface area (Å²) >= 11 is 0. The van der Waals surface area contributed by atoms with Gasteiger partial charge in [0, 0.05) is 24.9 Å². The van der Waals surface area contributed by atoms with Gasteiger partial charge >= 0.3 is 0 Å². The number of fused-ring (bicyclic) bond motifs is 1. The largest absolute Gasteiger partial charge is 0.367 e. The van der Waals surface area contributed by atoms with Crippen LogP contribution in [0.15, 0.2) is 47.5 Å². The predicted octanol–water partition coefficient (Wildman–Crippen LogP) is 4.75. The van der Waals surface area contributed by atoms with E-state index in [1.54, 1.807) is 25.4 Å². The van der Waals surface area contributed by atoms with Crippen LogP contribution in [-0.4, -0.2) is 31.8 Å². The quantitative estimate of drug-likeness (QED) is 0.634. The van der Waals surface area contributed by atoms with Gasteiger partial charge in [-0.05, 0) is 54.7 Å². The lowest BCUT2D eigenvalue weighted by Gasteiger charge is -2.35. The molecule has 1 saturated carbocycles. The second-order valence-electron chi connectivity index (χ2n) is 8.21. The second-order valence-corrected chi connectivity index (χ2v) is 10.2. The monoisotopic (exact) mass is 412 g/mol. The molecule has 29 heavy (non-hydrogen) atoms. The average Bonchev–Trinajstić information content (AvgIpc) is 3.34. The van der Waals surface area contributed by atoms with Gasteiger partial charge in [0.1, 0.15) is 11.2 Å². The zero-order chi connectivity index (χ0) is 20.6. The summed E-state index contributed by atoms with van der Waals surface area (Å²) in [4.78, 5) is 8.33. The van der Waals surface area contributed by atoms with E-state index in [0.717, 1.165) is 34.3 Å². The van der Waals surface area contributed by atoms with Crippen molar-refractivity contribution in [3.63, 3.8) is 0 Å². The van der Waals surface area contributed by atoms with Crippen LogP contribution in [-0.2, 0) is 20.2 Å².